The zero-order valence-electron chi connectivity index (χ0n) is 10.3. The summed E-state index contributed by atoms with van der Waals surface area (Å²) in [6.07, 6.45) is 3.93. The van der Waals surface area contributed by atoms with Gasteiger partial charge in [0, 0.05) is 5.46 Å². The second-order valence-electron chi connectivity index (χ2n) is 4.06. The van der Waals surface area contributed by atoms with Gasteiger partial charge in [-0.15, -0.1) is 0 Å². The molecule has 0 saturated carbocycles. The van der Waals surface area contributed by atoms with Crippen molar-refractivity contribution < 1.29 is 23.6 Å². The SMILES string of the molecule is CCCCCCOc1ccc(B(O)O)c(F)c1F. The lowest BCUT2D eigenvalue weighted by Crippen LogP contribution is -2.33. The summed E-state index contributed by atoms with van der Waals surface area (Å²) in [6.45, 7) is 2.40. The van der Waals surface area contributed by atoms with Crippen LogP contribution in [0, 0.1) is 11.6 Å². The summed E-state index contributed by atoms with van der Waals surface area (Å²) in [5.41, 5.74) is -0.495. The van der Waals surface area contributed by atoms with Crippen LogP contribution in [0.4, 0.5) is 8.78 Å². The average molecular weight is 258 g/mol. The minimum atomic E-state index is -2.03. The fraction of sp³-hybridized carbons (Fsp3) is 0.500. The number of halogens is 2. The van der Waals surface area contributed by atoms with Gasteiger partial charge >= 0.3 is 7.12 Å². The molecule has 1 aromatic rings. The van der Waals surface area contributed by atoms with Crippen LogP contribution in [0.25, 0.3) is 0 Å². The van der Waals surface area contributed by atoms with Gasteiger partial charge in [-0.2, -0.15) is 4.39 Å². The van der Waals surface area contributed by atoms with Gasteiger partial charge in [-0.05, 0) is 12.5 Å². The molecule has 18 heavy (non-hydrogen) atoms. The smallest absolute Gasteiger partial charge is 0.490 e. The Kier molecular flexibility index (Phi) is 6.08. The highest BCUT2D eigenvalue weighted by atomic mass is 19.2. The Bertz CT molecular complexity index is 386. The fourth-order valence-electron chi connectivity index (χ4n) is 1.57. The van der Waals surface area contributed by atoms with Gasteiger partial charge in [0.15, 0.2) is 17.4 Å². The summed E-state index contributed by atoms with van der Waals surface area (Å²) in [5.74, 6) is -2.67. The lowest BCUT2D eigenvalue weighted by Gasteiger charge is -2.09. The van der Waals surface area contributed by atoms with E-state index >= 15 is 0 Å². The summed E-state index contributed by atoms with van der Waals surface area (Å²) in [6, 6.07) is 2.30. The highest BCUT2D eigenvalue weighted by molar-refractivity contribution is 6.58. The molecule has 0 unspecified atom stereocenters. The molecule has 0 atom stereocenters. The maximum atomic E-state index is 13.5. The van der Waals surface area contributed by atoms with E-state index in [0.717, 1.165) is 31.7 Å². The molecule has 3 nitrogen and oxygen atoms in total. The molecule has 0 bridgehead atoms. The van der Waals surface area contributed by atoms with Crippen LogP contribution in [-0.2, 0) is 0 Å². The van der Waals surface area contributed by atoms with E-state index in [4.69, 9.17) is 14.8 Å². The van der Waals surface area contributed by atoms with Crippen molar-refractivity contribution in [3.63, 3.8) is 0 Å². The minimum Gasteiger partial charge on any atom is -0.490 e. The monoisotopic (exact) mass is 258 g/mol. The number of ether oxygens (including phenoxy) is 1. The minimum absolute atomic E-state index is 0.201. The first-order valence-electron chi connectivity index (χ1n) is 6.04. The molecule has 0 amide bonds. The van der Waals surface area contributed by atoms with Crippen molar-refractivity contribution in [2.24, 2.45) is 0 Å². The van der Waals surface area contributed by atoms with Crippen LogP contribution >= 0.6 is 0 Å². The standard InChI is InChI=1S/C12H17BF2O3/c1-2-3-4-5-8-18-10-7-6-9(13(16)17)11(14)12(10)15/h6-7,16-17H,2-5,8H2,1H3. The van der Waals surface area contributed by atoms with E-state index in [1.807, 2.05) is 0 Å². The fourth-order valence-corrected chi connectivity index (χ4v) is 1.57. The van der Waals surface area contributed by atoms with Gasteiger partial charge in [-0.25, -0.2) is 4.39 Å². The summed E-state index contributed by atoms with van der Waals surface area (Å²) in [4.78, 5) is 0. The summed E-state index contributed by atoms with van der Waals surface area (Å²) in [5, 5.41) is 17.6. The first-order chi connectivity index (χ1) is 8.57. The topological polar surface area (TPSA) is 49.7 Å². The van der Waals surface area contributed by atoms with Gasteiger partial charge in [-0.3, -0.25) is 0 Å². The summed E-state index contributed by atoms with van der Waals surface area (Å²) < 4.78 is 32.0. The molecule has 0 aliphatic heterocycles. The van der Waals surface area contributed by atoms with Crippen LogP contribution in [0.3, 0.4) is 0 Å². The van der Waals surface area contributed by atoms with Gasteiger partial charge in [0.1, 0.15) is 0 Å². The molecule has 1 rings (SSSR count). The highest BCUT2D eigenvalue weighted by Gasteiger charge is 2.22. The third-order valence-electron chi connectivity index (χ3n) is 2.61. The lowest BCUT2D eigenvalue weighted by atomic mass is 9.80. The molecule has 0 heterocycles. The number of unbranched alkanes of at least 4 members (excludes halogenated alkanes) is 3. The van der Waals surface area contributed by atoms with Gasteiger partial charge in [0.05, 0.1) is 6.61 Å². The second-order valence-corrected chi connectivity index (χ2v) is 4.06. The third kappa shape index (κ3) is 3.96. The Labute approximate surface area is 106 Å². The van der Waals surface area contributed by atoms with Crippen molar-refractivity contribution in [2.45, 2.75) is 32.6 Å². The van der Waals surface area contributed by atoms with Crippen molar-refractivity contribution in [1.29, 1.82) is 0 Å². The molecule has 0 fully saturated rings. The molecular weight excluding hydrogens is 241 g/mol. The molecule has 0 aliphatic rings. The van der Waals surface area contributed by atoms with Crippen LogP contribution in [0.15, 0.2) is 12.1 Å². The first-order valence-corrected chi connectivity index (χ1v) is 6.04. The van der Waals surface area contributed by atoms with E-state index in [9.17, 15) is 8.78 Å². The zero-order chi connectivity index (χ0) is 13.5. The predicted molar refractivity (Wildman–Crippen MR) is 65.8 cm³/mol. The molecule has 0 aromatic heterocycles. The number of benzene rings is 1. The first kappa shape index (κ1) is 14.9. The van der Waals surface area contributed by atoms with Gasteiger partial charge in [-0.1, -0.05) is 32.3 Å². The molecule has 0 saturated heterocycles. The Morgan fingerprint density at radius 1 is 1.11 bits per heavy atom. The molecule has 0 radical (unpaired) electrons. The Hall–Kier alpha value is -1.14. The van der Waals surface area contributed by atoms with Gasteiger partial charge < -0.3 is 14.8 Å². The average Bonchev–Trinajstić information content (AvgIpc) is 2.33. The highest BCUT2D eigenvalue weighted by Crippen LogP contribution is 2.18. The Morgan fingerprint density at radius 2 is 1.83 bits per heavy atom. The molecule has 6 heteroatoms. The zero-order valence-corrected chi connectivity index (χ0v) is 10.3. The molecule has 0 aliphatic carbocycles. The van der Waals surface area contributed by atoms with Gasteiger partial charge in [0.25, 0.3) is 0 Å². The van der Waals surface area contributed by atoms with Crippen LogP contribution in [0.2, 0.25) is 0 Å². The summed E-state index contributed by atoms with van der Waals surface area (Å²) >= 11 is 0. The number of hydrogen-bond donors (Lipinski definition) is 2. The van der Waals surface area contributed by atoms with E-state index in [1.54, 1.807) is 0 Å². The maximum absolute atomic E-state index is 13.5. The van der Waals surface area contributed by atoms with E-state index in [0.29, 0.717) is 6.61 Å². The van der Waals surface area contributed by atoms with Crippen LogP contribution in [0.1, 0.15) is 32.6 Å². The number of rotatable bonds is 7. The van der Waals surface area contributed by atoms with Crippen LogP contribution in [0.5, 0.6) is 5.75 Å². The van der Waals surface area contributed by atoms with Crippen molar-refractivity contribution in [3.8, 4) is 5.75 Å². The van der Waals surface area contributed by atoms with Crippen molar-refractivity contribution in [1.82, 2.24) is 0 Å². The second kappa shape index (κ2) is 7.33. The van der Waals surface area contributed by atoms with Crippen LogP contribution in [-0.4, -0.2) is 23.8 Å². The van der Waals surface area contributed by atoms with Gasteiger partial charge in [0.2, 0.25) is 0 Å². The van der Waals surface area contributed by atoms with Crippen molar-refractivity contribution >= 4 is 12.6 Å². The van der Waals surface area contributed by atoms with Crippen LogP contribution < -0.4 is 10.2 Å². The Balaban J connectivity index is 2.59. The largest absolute Gasteiger partial charge is 0.491 e. The lowest BCUT2D eigenvalue weighted by molar-refractivity contribution is 0.285. The van der Waals surface area contributed by atoms with E-state index < -0.39 is 24.2 Å². The molecule has 100 valence electrons. The van der Waals surface area contributed by atoms with E-state index in [2.05, 4.69) is 6.92 Å². The van der Waals surface area contributed by atoms with Crippen molar-refractivity contribution in [3.05, 3.63) is 23.8 Å². The number of hydrogen-bond acceptors (Lipinski definition) is 3. The quantitative estimate of drug-likeness (QED) is 0.577. The van der Waals surface area contributed by atoms with Crippen molar-refractivity contribution in [2.75, 3.05) is 6.61 Å². The molecule has 1 aromatic carbocycles. The molecule has 2 N–H and O–H groups in total. The normalized spacial score (nSPS) is 10.5. The molecule has 0 spiro atoms. The maximum Gasteiger partial charge on any atom is 0.491 e. The third-order valence-corrected chi connectivity index (χ3v) is 2.61. The van der Waals surface area contributed by atoms with E-state index in [1.165, 1.54) is 6.07 Å². The predicted octanol–water partition coefficient (Wildman–Crippen LogP) is 1.60. The Morgan fingerprint density at radius 3 is 2.44 bits per heavy atom. The van der Waals surface area contributed by atoms with E-state index in [-0.39, 0.29) is 5.75 Å². The summed E-state index contributed by atoms with van der Waals surface area (Å²) in [7, 11) is -2.03. The molecular formula is C12H17BF2O3.